The van der Waals surface area contributed by atoms with E-state index < -0.39 is 0 Å². The minimum absolute atomic E-state index is 0.586. The minimum Gasteiger partial charge on any atom is -0.493 e. The molecule has 28 heavy (non-hydrogen) atoms. The van der Waals surface area contributed by atoms with Gasteiger partial charge in [-0.05, 0) is 44.2 Å². The van der Waals surface area contributed by atoms with Crippen molar-refractivity contribution in [2.75, 3.05) is 19.7 Å². The summed E-state index contributed by atoms with van der Waals surface area (Å²) in [6.45, 7) is 10.0. The van der Waals surface area contributed by atoms with Crippen LogP contribution in [-0.2, 0) is 19.5 Å². The maximum absolute atomic E-state index is 6.06. The lowest BCUT2D eigenvalue weighted by molar-refractivity contribution is 0.296. The Morgan fingerprint density at radius 2 is 2.14 bits per heavy atom. The topological polar surface area (TPSA) is 76.4 Å². The van der Waals surface area contributed by atoms with Crippen molar-refractivity contribution in [1.29, 1.82) is 0 Å². The van der Waals surface area contributed by atoms with Crippen molar-refractivity contribution in [2.45, 2.75) is 53.1 Å². The molecular weight excluding hydrogens is 352 g/mol. The highest BCUT2D eigenvalue weighted by Crippen LogP contribution is 2.30. The van der Waals surface area contributed by atoms with E-state index in [1.54, 1.807) is 6.33 Å². The van der Waals surface area contributed by atoms with E-state index in [2.05, 4.69) is 64.4 Å². The Bertz CT molecular complexity index is 781. The van der Waals surface area contributed by atoms with E-state index in [1.165, 1.54) is 18.4 Å². The first kappa shape index (κ1) is 20.2. The summed E-state index contributed by atoms with van der Waals surface area (Å²) in [6, 6.07) is 6.36. The fourth-order valence-electron chi connectivity index (χ4n) is 2.96. The van der Waals surface area contributed by atoms with Gasteiger partial charge in [-0.3, -0.25) is 0 Å². The lowest BCUT2D eigenvalue weighted by Crippen LogP contribution is -2.38. The highest BCUT2D eigenvalue weighted by Gasteiger charge is 2.22. The van der Waals surface area contributed by atoms with Gasteiger partial charge in [0.05, 0.1) is 13.2 Å². The molecule has 0 atom stereocenters. The van der Waals surface area contributed by atoms with Crippen LogP contribution in [0.3, 0.4) is 0 Å². The molecule has 0 unspecified atom stereocenters. The van der Waals surface area contributed by atoms with Gasteiger partial charge in [-0.2, -0.15) is 0 Å². The molecule has 0 saturated heterocycles. The van der Waals surface area contributed by atoms with E-state index in [9.17, 15) is 0 Å². The summed E-state index contributed by atoms with van der Waals surface area (Å²) in [5, 5.41) is 14.8. The van der Waals surface area contributed by atoms with Crippen LogP contribution < -0.4 is 15.4 Å². The van der Waals surface area contributed by atoms with Crippen LogP contribution in [0.2, 0.25) is 0 Å². The van der Waals surface area contributed by atoms with Gasteiger partial charge in [-0.1, -0.05) is 19.1 Å². The number of aliphatic imine (C=N–C) groups is 1. The number of benzene rings is 1. The Morgan fingerprint density at radius 1 is 1.29 bits per heavy atom. The van der Waals surface area contributed by atoms with Gasteiger partial charge in [-0.15, -0.1) is 10.2 Å². The van der Waals surface area contributed by atoms with Crippen LogP contribution in [0.25, 0.3) is 0 Å². The number of guanidine groups is 1. The lowest BCUT2D eigenvalue weighted by Gasteiger charge is -2.14. The number of aryl methyl sites for hydroxylation is 2. The van der Waals surface area contributed by atoms with Crippen LogP contribution in [0.15, 0.2) is 29.5 Å². The average Bonchev–Trinajstić information content (AvgIpc) is 3.42. The van der Waals surface area contributed by atoms with E-state index in [-0.39, 0.29) is 0 Å². The van der Waals surface area contributed by atoms with Crippen molar-refractivity contribution in [2.24, 2.45) is 10.9 Å². The number of nitrogens with zero attached hydrogens (tertiary/aromatic N) is 4. The second kappa shape index (κ2) is 10.1. The Kier molecular flexibility index (Phi) is 7.28. The summed E-state index contributed by atoms with van der Waals surface area (Å²) >= 11 is 0. The summed E-state index contributed by atoms with van der Waals surface area (Å²) in [6.07, 6.45) is 5.24. The van der Waals surface area contributed by atoms with Crippen molar-refractivity contribution in [3.8, 4) is 5.75 Å². The van der Waals surface area contributed by atoms with E-state index in [4.69, 9.17) is 9.73 Å². The normalized spacial score (nSPS) is 14.2. The van der Waals surface area contributed by atoms with Gasteiger partial charge in [0, 0.05) is 31.6 Å². The van der Waals surface area contributed by atoms with E-state index in [0.29, 0.717) is 6.54 Å². The fraction of sp³-hybridized carbons (Fsp3) is 0.571. The van der Waals surface area contributed by atoms with E-state index in [1.807, 2.05) is 0 Å². The molecule has 3 rings (SSSR count). The number of aromatic nitrogens is 3. The van der Waals surface area contributed by atoms with Gasteiger partial charge in [0.15, 0.2) is 5.96 Å². The summed E-state index contributed by atoms with van der Waals surface area (Å²) in [5.74, 6) is 3.51. The first-order chi connectivity index (χ1) is 13.7. The van der Waals surface area contributed by atoms with Crippen molar-refractivity contribution in [3.05, 3.63) is 41.5 Å². The van der Waals surface area contributed by atoms with Gasteiger partial charge in [0.25, 0.3) is 0 Å². The van der Waals surface area contributed by atoms with Crippen LogP contribution >= 0.6 is 0 Å². The zero-order valence-electron chi connectivity index (χ0n) is 17.2. The molecular formula is C21H32N6O. The number of rotatable bonds is 10. The molecule has 7 nitrogen and oxygen atoms in total. The predicted octanol–water partition coefficient (Wildman–Crippen LogP) is 2.69. The smallest absolute Gasteiger partial charge is 0.191 e. The lowest BCUT2D eigenvalue weighted by atomic mass is 10.1. The maximum atomic E-state index is 6.06. The minimum atomic E-state index is 0.586. The predicted molar refractivity (Wildman–Crippen MR) is 112 cm³/mol. The summed E-state index contributed by atoms with van der Waals surface area (Å²) in [5.41, 5.74) is 2.33. The van der Waals surface area contributed by atoms with Crippen LogP contribution in [0.1, 0.15) is 43.6 Å². The molecule has 0 bridgehead atoms. The van der Waals surface area contributed by atoms with Crippen molar-refractivity contribution in [1.82, 2.24) is 25.4 Å². The molecule has 2 N–H and O–H groups in total. The molecule has 1 aliphatic rings. The first-order valence-electron chi connectivity index (χ1n) is 10.3. The molecule has 1 saturated carbocycles. The molecule has 7 heteroatoms. The zero-order valence-corrected chi connectivity index (χ0v) is 17.2. The van der Waals surface area contributed by atoms with Gasteiger partial charge in [-0.25, -0.2) is 4.99 Å². The largest absolute Gasteiger partial charge is 0.493 e. The van der Waals surface area contributed by atoms with Crippen LogP contribution in [0.5, 0.6) is 5.75 Å². The standard InChI is InChI=1S/C21H32N6O/c1-4-20-26-25-15-27(20)11-10-23-21(22-5-2)24-13-18-9-6-16(3)12-19(18)28-14-17-7-8-17/h6,9,12,15,17H,4-5,7-8,10-11,13-14H2,1-3H3,(H2,22,23,24). The first-order valence-corrected chi connectivity index (χ1v) is 10.3. The highest BCUT2D eigenvalue weighted by atomic mass is 16.5. The molecule has 0 radical (unpaired) electrons. The summed E-state index contributed by atoms with van der Waals surface area (Å²) in [4.78, 5) is 4.75. The number of nitrogens with one attached hydrogen (secondary N) is 2. The summed E-state index contributed by atoms with van der Waals surface area (Å²) in [7, 11) is 0. The Hall–Kier alpha value is -2.57. The third-order valence-corrected chi connectivity index (χ3v) is 4.80. The Labute approximate surface area is 167 Å². The fourth-order valence-corrected chi connectivity index (χ4v) is 2.96. The van der Waals surface area contributed by atoms with Gasteiger partial charge >= 0.3 is 0 Å². The second-order valence-corrected chi connectivity index (χ2v) is 7.28. The Balaban J connectivity index is 1.58. The maximum Gasteiger partial charge on any atom is 0.191 e. The average molecular weight is 385 g/mol. The Morgan fingerprint density at radius 3 is 2.89 bits per heavy atom. The summed E-state index contributed by atoms with van der Waals surface area (Å²) < 4.78 is 8.13. The molecule has 2 aromatic rings. The molecule has 0 spiro atoms. The van der Waals surface area contributed by atoms with E-state index >= 15 is 0 Å². The third kappa shape index (κ3) is 5.97. The SMILES string of the molecule is CCNC(=NCc1ccc(C)cc1OCC1CC1)NCCn1cnnc1CC. The molecule has 1 aromatic heterocycles. The van der Waals surface area contributed by atoms with E-state index in [0.717, 1.165) is 61.7 Å². The third-order valence-electron chi connectivity index (χ3n) is 4.80. The second-order valence-electron chi connectivity index (χ2n) is 7.28. The zero-order chi connectivity index (χ0) is 19.8. The molecule has 0 aliphatic heterocycles. The van der Waals surface area contributed by atoms with Crippen LogP contribution in [0, 0.1) is 12.8 Å². The van der Waals surface area contributed by atoms with Crippen molar-refractivity contribution < 1.29 is 4.74 Å². The number of hydrogen-bond donors (Lipinski definition) is 2. The highest BCUT2D eigenvalue weighted by molar-refractivity contribution is 5.79. The van der Waals surface area contributed by atoms with Crippen molar-refractivity contribution >= 4 is 5.96 Å². The van der Waals surface area contributed by atoms with Crippen molar-refractivity contribution in [3.63, 3.8) is 0 Å². The molecule has 1 heterocycles. The monoisotopic (exact) mass is 384 g/mol. The molecule has 1 aromatic carbocycles. The quantitative estimate of drug-likeness (QED) is 0.487. The number of hydrogen-bond acceptors (Lipinski definition) is 4. The molecule has 1 fully saturated rings. The molecule has 152 valence electrons. The van der Waals surface area contributed by atoms with Gasteiger partial charge < -0.3 is 19.9 Å². The molecule has 0 amide bonds. The molecule has 1 aliphatic carbocycles. The van der Waals surface area contributed by atoms with Crippen LogP contribution in [0.4, 0.5) is 0 Å². The van der Waals surface area contributed by atoms with Crippen LogP contribution in [-0.4, -0.2) is 40.4 Å². The van der Waals surface area contributed by atoms with Gasteiger partial charge in [0.2, 0.25) is 0 Å². The van der Waals surface area contributed by atoms with Gasteiger partial charge in [0.1, 0.15) is 17.9 Å². The number of ether oxygens (including phenoxy) is 1.